The summed E-state index contributed by atoms with van der Waals surface area (Å²) in [5, 5.41) is 3.91. The predicted octanol–water partition coefficient (Wildman–Crippen LogP) is 0.842. The van der Waals surface area contributed by atoms with Crippen LogP contribution < -0.4 is 0 Å². The Morgan fingerprint density at radius 2 is 2.25 bits per heavy atom. The summed E-state index contributed by atoms with van der Waals surface area (Å²) in [6.45, 7) is 0.582. The van der Waals surface area contributed by atoms with Gasteiger partial charge in [-0.05, 0) is 12.5 Å². The summed E-state index contributed by atoms with van der Waals surface area (Å²) >= 11 is 0. The molecule has 68 valence electrons. The third-order valence-corrected chi connectivity index (χ3v) is 2.57. The van der Waals surface area contributed by atoms with Crippen molar-refractivity contribution in [2.45, 2.75) is 13.0 Å². The fourth-order valence-corrected chi connectivity index (χ4v) is 1.63. The van der Waals surface area contributed by atoms with Crippen molar-refractivity contribution in [3.8, 4) is 0 Å². The van der Waals surface area contributed by atoms with E-state index < -0.39 is 9.05 Å². The predicted molar refractivity (Wildman–Crippen MR) is 46.5 cm³/mol. The molecule has 12 heavy (non-hydrogen) atoms. The van der Waals surface area contributed by atoms with E-state index >= 15 is 0 Å². The van der Waals surface area contributed by atoms with Crippen molar-refractivity contribution in [3.63, 3.8) is 0 Å². The second kappa shape index (κ2) is 3.91. The van der Waals surface area contributed by atoms with Gasteiger partial charge in [0.25, 0.3) is 0 Å². The van der Waals surface area contributed by atoms with Crippen LogP contribution in [0.2, 0.25) is 0 Å². The topological polar surface area (TPSA) is 52.0 Å². The molecule has 0 aromatic carbocycles. The minimum Gasteiger partial charge on any atom is -0.273 e. The Hall–Kier alpha value is -0.550. The van der Waals surface area contributed by atoms with Crippen molar-refractivity contribution in [2.24, 2.45) is 0 Å². The summed E-state index contributed by atoms with van der Waals surface area (Å²) in [4.78, 5) is 0. The molecule has 4 nitrogen and oxygen atoms in total. The summed E-state index contributed by atoms with van der Waals surface area (Å²) in [5.41, 5.74) is 0. The zero-order valence-electron chi connectivity index (χ0n) is 6.35. The highest BCUT2D eigenvalue weighted by atomic mass is 35.7. The minimum absolute atomic E-state index is 0.00554. The molecule has 0 bridgehead atoms. The van der Waals surface area contributed by atoms with E-state index in [1.54, 1.807) is 23.1 Å². The summed E-state index contributed by atoms with van der Waals surface area (Å²) in [5.74, 6) is -0.00554. The van der Waals surface area contributed by atoms with E-state index in [1.807, 2.05) is 0 Å². The van der Waals surface area contributed by atoms with Crippen LogP contribution in [0, 0.1) is 0 Å². The van der Waals surface area contributed by atoms with Crippen LogP contribution in [0.25, 0.3) is 0 Å². The van der Waals surface area contributed by atoms with Gasteiger partial charge < -0.3 is 0 Å². The standard InChI is InChI=1S/C6H9ClN2O2S/c7-12(10,11)6-2-5-9-4-1-3-8-9/h1,3-4H,2,5-6H2. The summed E-state index contributed by atoms with van der Waals surface area (Å²) in [7, 11) is 1.67. The normalized spacial score (nSPS) is 11.8. The van der Waals surface area contributed by atoms with Gasteiger partial charge in [0.15, 0.2) is 0 Å². The molecule has 0 unspecified atom stereocenters. The minimum atomic E-state index is -3.35. The van der Waals surface area contributed by atoms with Gasteiger partial charge in [-0.15, -0.1) is 0 Å². The zero-order valence-corrected chi connectivity index (χ0v) is 7.92. The SMILES string of the molecule is O=S(=O)(Cl)CCCn1cccn1. The van der Waals surface area contributed by atoms with Crippen LogP contribution >= 0.6 is 10.7 Å². The highest BCUT2D eigenvalue weighted by molar-refractivity contribution is 8.13. The van der Waals surface area contributed by atoms with Crippen LogP contribution in [-0.2, 0) is 15.6 Å². The molecule has 0 saturated carbocycles. The molecular weight excluding hydrogens is 200 g/mol. The quantitative estimate of drug-likeness (QED) is 0.690. The van der Waals surface area contributed by atoms with E-state index in [2.05, 4.69) is 5.10 Å². The first kappa shape index (κ1) is 9.54. The number of hydrogen-bond acceptors (Lipinski definition) is 3. The highest BCUT2D eigenvalue weighted by Crippen LogP contribution is 2.00. The molecule has 0 amide bonds. The molecule has 0 spiro atoms. The van der Waals surface area contributed by atoms with Gasteiger partial charge in [-0.3, -0.25) is 4.68 Å². The number of aromatic nitrogens is 2. The van der Waals surface area contributed by atoms with E-state index in [4.69, 9.17) is 10.7 Å². The fourth-order valence-electron chi connectivity index (χ4n) is 0.832. The number of halogens is 1. The van der Waals surface area contributed by atoms with Crippen LogP contribution in [-0.4, -0.2) is 24.0 Å². The molecule has 6 heteroatoms. The Morgan fingerprint density at radius 1 is 1.50 bits per heavy atom. The van der Waals surface area contributed by atoms with Gasteiger partial charge in [0.1, 0.15) is 0 Å². The lowest BCUT2D eigenvalue weighted by Gasteiger charge is -1.98. The van der Waals surface area contributed by atoms with Gasteiger partial charge in [-0.1, -0.05) is 0 Å². The Kier molecular flexibility index (Phi) is 3.11. The van der Waals surface area contributed by atoms with Crippen LogP contribution in [0.4, 0.5) is 0 Å². The van der Waals surface area contributed by atoms with Crippen molar-refractivity contribution in [3.05, 3.63) is 18.5 Å². The average molecular weight is 209 g/mol. The lowest BCUT2D eigenvalue weighted by atomic mass is 10.5. The molecular formula is C6H9ClN2O2S. The van der Waals surface area contributed by atoms with Gasteiger partial charge in [0.2, 0.25) is 9.05 Å². The third-order valence-electron chi connectivity index (χ3n) is 1.33. The van der Waals surface area contributed by atoms with Crippen LogP contribution in [0.3, 0.4) is 0 Å². The van der Waals surface area contributed by atoms with Gasteiger partial charge in [-0.25, -0.2) is 8.42 Å². The van der Waals surface area contributed by atoms with Crippen LogP contribution in [0.5, 0.6) is 0 Å². The Bertz CT molecular complexity index is 319. The molecule has 0 aliphatic heterocycles. The number of hydrogen-bond donors (Lipinski definition) is 0. The molecule has 0 aliphatic carbocycles. The number of rotatable bonds is 4. The van der Waals surface area contributed by atoms with E-state index in [9.17, 15) is 8.42 Å². The molecule has 0 saturated heterocycles. The maximum atomic E-state index is 10.5. The van der Waals surface area contributed by atoms with Crippen molar-refractivity contribution < 1.29 is 8.42 Å². The maximum Gasteiger partial charge on any atom is 0.232 e. The largest absolute Gasteiger partial charge is 0.273 e. The molecule has 0 fully saturated rings. The lowest BCUT2D eigenvalue weighted by molar-refractivity contribution is 0.581. The van der Waals surface area contributed by atoms with E-state index in [1.165, 1.54) is 0 Å². The monoisotopic (exact) mass is 208 g/mol. The maximum absolute atomic E-state index is 10.5. The molecule has 1 rings (SSSR count). The van der Waals surface area contributed by atoms with Gasteiger partial charge in [0, 0.05) is 29.6 Å². The Morgan fingerprint density at radius 3 is 2.75 bits per heavy atom. The van der Waals surface area contributed by atoms with Crippen molar-refractivity contribution in [2.75, 3.05) is 5.75 Å². The van der Waals surface area contributed by atoms with Crippen molar-refractivity contribution >= 4 is 19.7 Å². The van der Waals surface area contributed by atoms with Gasteiger partial charge >= 0.3 is 0 Å². The highest BCUT2D eigenvalue weighted by Gasteiger charge is 2.03. The molecule has 0 aliphatic rings. The summed E-state index contributed by atoms with van der Waals surface area (Å²) < 4.78 is 22.7. The molecule has 0 atom stereocenters. The Labute approximate surface area is 75.6 Å². The Balaban J connectivity index is 2.29. The average Bonchev–Trinajstić information content (AvgIpc) is 2.36. The second-order valence-electron chi connectivity index (χ2n) is 2.37. The lowest BCUT2D eigenvalue weighted by Crippen LogP contribution is -2.04. The van der Waals surface area contributed by atoms with Crippen molar-refractivity contribution in [1.29, 1.82) is 0 Å². The fraction of sp³-hybridized carbons (Fsp3) is 0.500. The molecule has 0 radical (unpaired) electrons. The third kappa shape index (κ3) is 3.73. The molecule has 1 heterocycles. The van der Waals surface area contributed by atoms with Crippen LogP contribution in [0.15, 0.2) is 18.5 Å². The van der Waals surface area contributed by atoms with E-state index in [0.717, 1.165) is 0 Å². The van der Waals surface area contributed by atoms with E-state index in [0.29, 0.717) is 13.0 Å². The summed E-state index contributed by atoms with van der Waals surface area (Å²) in [6.07, 6.45) is 3.92. The molecule has 0 N–H and O–H groups in total. The summed E-state index contributed by atoms with van der Waals surface area (Å²) in [6, 6.07) is 1.79. The molecule has 1 aromatic heterocycles. The van der Waals surface area contributed by atoms with Crippen molar-refractivity contribution in [1.82, 2.24) is 9.78 Å². The first-order valence-electron chi connectivity index (χ1n) is 3.48. The number of nitrogens with zero attached hydrogens (tertiary/aromatic N) is 2. The first-order valence-corrected chi connectivity index (χ1v) is 5.95. The smallest absolute Gasteiger partial charge is 0.232 e. The van der Waals surface area contributed by atoms with E-state index in [-0.39, 0.29) is 5.75 Å². The van der Waals surface area contributed by atoms with Gasteiger partial charge in [0.05, 0.1) is 5.75 Å². The van der Waals surface area contributed by atoms with Crippen LogP contribution in [0.1, 0.15) is 6.42 Å². The molecule has 1 aromatic rings. The number of aryl methyl sites for hydroxylation is 1. The zero-order chi connectivity index (χ0) is 9.03. The first-order chi connectivity index (χ1) is 5.58. The second-order valence-corrected chi connectivity index (χ2v) is 5.26. The van der Waals surface area contributed by atoms with Gasteiger partial charge in [-0.2, -0.15) is 5.10 Å².